The third-order valence-corrected chi connectivity index (χ3v) is 2.09. The molecule has 92 valence electrons. The largest absolute Gasteiger partial charge is 0.496 e. The number of aromatic carboxylic acids is 1. The molecule has 17 heavy (non-hydrogen) atoms. The molecule has 0 radical (unpaired) electrons. The second-order valence-corrected chi connectivity index (χ2v) is 3.31. The molecule has 0 unspecified atom stereocenters. The van der Waals surface area contributed by atoms with Crippen LogP contribution in [0.4, 0.5) is 5.69 Å². The van der Waals surface area contributed by atoms with E-state index in [1.165, 1.54) is 25.3 Å². The minimum atomic E-state index is -1.08. The lowest BCUT2D eigenvalue weighted by Gasteiger charge is -2.08. The van der Waals surface area contributed by atoms with Gasteiger partial charge in [0.1, 0.15) is 11.3 Å². The topological polar surface area (TPSA) is 102 Å². The van der Waals surface area contributed by atoms with Crippen molar-refractivity contribution in [2.45, 2.75) is 6.42 Å². The third-order valence-electron chi connectivity index (χ3n) is 2.09. The second-order valence-electron chi connectivity index (χ2n) is 3.31. The predicted octanol–water partition coefficient (Wildman–Crippen LogP) is 0.681. The number of carbonyl (C=O) groups excluding carboxylic acids is 1. The van der Waals surface area contributed by atoms with E-state index in [4.69, 9.17) is 15.6 Å². The molecule has 1 rings (SSSR count). The van der Waals surface area contributed by atoms with Crippen molar-refractivity contribution in [3.05, 3.63) is 23.8 Å². The highest BCUT2D eigenvalue weighted by Crippen LogP contribution is 2.23. The maximum Gasteiger partial charge on any atom is 0.339 e. The minimum absolute atomic E-state index is 0.0457. The van der Waals surface area contributed by atoms with E-state index in [1.807, 2.05) is 0 Å². The number of methoxy groups -OCH3 is 1. The van der Waals surface area contributed by atoms with Crippen LogP contribution in [0.5, 0.6) is 5.75 Å². The molecule has 6 heteroatoms. The Hall–Kier alpha value is -2.08. The number of amides is 1. The molecule has 0 saturated heterocycles. The van der Waals surface area contributed by atoms with E-state index < -0.39 is 5.97 Å². The number of anilines is 1. The summed E-state index contributed by atoms with van der Waals surface area (Å²) in [6.07, 6.45) is 0.211. The van der Waals surface area contributed by atoms with Gasteiger partial charge < -0.3 is 20.9 Å². The molecule has 1 aromatic rings. The molecule has 0 bridgehead atoms. The number of ether oxygens (including phenoxy) is 1. The molecule has 0 aliphatic heterocycles. The van der Waals surface area contributed by atoms with Crippen LogP contribution in [-0.2, 0) is 4.79 Å². The van der Waals surface area contributed by atoms with Crippen molar-refractivity contribution < 1.29 is 19.4 Å². The molecule has 0 aliphatic rings. The first-order chi connectivity index (χ1) is 8.08. The predicted molar refractivity (Wildman–Crippen MR) is 62.3 cm³/mol. The quantitative estimate of drug-likeness (QED) is 0.700. The fourth-order valence-electron chi connectivity index (χ4n) is 1.30. The molecule has 0 aromatic heterocycles. The van der Waals surface area contributed by atoms with Crippen molar-refractivity contribution >= 4 is 17.6 Å². The highest BCUT2D eigenvalue weighted by Gasteiger charge is 2.11. The Labute approximate surface area is 98.4 Å². The van der Waals surface area contributed by atoms with Crippen LogP contribution in [0, 0.1) is 0 Å². The maximum atomic E-state index is 11.3. The summed E-state index contributed by atoms with van der Waals surface area (Å²) < 4.78 is 4.93. The zero-order valence-corrected chi connectivity index (χ0v) is 9.40. The lowest BCUT2D eigenvalue weighted by Crippen LogP contribution is -2.16. The standard InChI is InChI=1S/C11H14N2O4/c1-17-9-6-7(13-10(14)4-5-12)2-3-8(9)11(15)16/h2-3,6H,4-5,12H2,1H3,(H,13,14)(H,15,16). The van der Waals surface area contributed by atoms with E-state index in [1.54, 1.807) is 0 Å². The third kappa shape index (κ3) is 3.46. The van der Waals surface area contributed by atoms with Gasteiger partial charge in [-0.3, -0.25) is 4.79 Å². The van der Waals surface area contributed by atoms with Crippen molar-refractivity contribution in [2.24, 2.45) is 5.73 Å². The Morgan fingerprint density at radius 1 is 1.47 bits per heavy atom. The Bertz CT molecular complexity index is 431. The molecule has 1 aromatic carbocycles. The molecular weight excluding hydrogens is 224 g/mol. The summed E-state index contributed by atoms with van der Waals surface area (Å²) in [5.41, 5.74) is 5.76. The second kappa shape index (κ2) is 5.86. The first kappa shape index (κ1) is 13.0. The van der Waals surface area contributed by atoms with Crippen molar-refractivity contribution in [3.63, 3.8) is 0 Å². The van der Waals surface area contributed by atoms with Gasteiger partial charge in [-0.15, -0.1) is 0 Å². The van der Waals surface area contributed by atoms with Gasteiger partial charge in [0.05, 0.1) is 7.11 Å². The number of hydrogen-bond acceptors (Lipinski definition) is 4. The Morgan fingerprint density at radius 2 is 2.18 bits per heavy atom. The van der Waals surface area contributed by atoms with Gasteiger partial charge in [-0.1, -0.05) is 0 Å². The number of rotatable bonds is 5. The molecule has 0 spiro atoms. The molecule has 0 heterocycles. The van der Waals surface area contributed by atoms with E-state index in [0.29, 0.717) is 5.69 Å². The van der Waals surface area contributed by atoms with Crippen molar-refractivity contribution in [3.8, 4) is 5.75 Å². The summed E-state index contributed by atoms with van der Waals surface area (Å²) in [6, 6.07) is 4.33. The van der Waals surface area contributed by atoms with Crippen LogP contribution in [0.15, 0.2) is 18.2 Å². The Morgan fingerprint density at radius 3 is 2.71 bits per heavy atom. The van der Waals surface area contributed by atoms with Crippen molar-refractivity contribution in [2.75, 3.05) is 19.0 Å². The maximum absolute atomic E-state index is 11.3. The summed E-state index contributed by atoms with van der Waals surface area (Å²) in [5, 5.41) is 11.5. The number of nitrogens with two attached hydrogens (primary N) is 1. The van der Waals surface area contributed by atoms with Crippen LogP contribution in [0.3, 0.4) is 0 Å². The zero-order chi connectivity index (χ0) is 12.8. The SMILES string of the molecule is COc1cc(NC(=O)CCN)ccc1C(=O)O. The normalized spacial score (nSPS) is 9.76. The van der Waals surface area contributed by atoms with E-state index in [0.717, 1.165) is 0 Å². The number of carboxylic acids is 1. The van der Waals surface area contributed by atoms with Crippen LogP contribution in [0.2, 0.25) is 0 Å². The van der Waals surface area contributed by atoms with Gasteiger partial charge in [-0.25, -0.2) is 4.79 Å². The van der Waals surface area contributed by atoms with Gasteiger partial charge in [-0.2, -0.15) is 0 Å². The van der Waals surface area contributed by atoms with Crippen LogP contribution in [-0.4, -0.2) is 30.6 Å². The van der Waals surface area contributed by atoms with Crippen molar-refractivity contribution in [1.29, 1.82) is 0 Å². The minimum Gasteiger partial charge on any atom is -0.496 e. The highest BCUT2D eigenvalue weighted by molar-refractivity contribution is 5.94. The first-order valence-electron chi connectivity index (χ1n) is 4.99. The summed E-state index contributed by atoms with van der Waals surface area (Å²) in [5.74, 6) is -1.11. The van der Waals surface area contributed by atoms with E-state index >= 15 is 0 Å². The number of nitrogens with one attached hydrogen (secondary N) is 1. The van der Waals surface area contributed by atoms with Gasteiger partial charge in [0.2, 0.25) is 5.91 Å². The Balaban J connectivity index is 2.90. The summed E-state index contributed by atoms with van der Waals surface area (Å²) >= 11 is 0. The van der Waals surface area contributed by atoms with Gasteiger partial charge >= 0.3 is 5.97 Å². The van der Waals surface area contributed by atoms with E-state index in [2.05, 4.69) is 5.32 Å². The molecule has 0 atom stereocenters. The fraction of sp³-hybridized carbons (Fsp3) is 0.273. The average molecular weight is 238 g/mol. The first-order valence-corrected chi connectivity index (χ1v) is 4.99. The Kier molecular flexibility index (Phi) is 4.47. The smallest absolute Gasteiger partial charge is 0.339 e. The fourth-order valence-corrected chi connectivity index (χ4v) is 1.30. The zero-order valence-electron chi connectivity index (χ0n) is 9.40. The van der Waals surface area contributed by atoms with Crippen LogP contribution in [0.1, 0.15) is 16.8 Å². The molecular formula is C11H14N2O4. The number of carboxylic acid groups (broad SMARTS) is 1. The van der Waals surface area contributed by atoms with Crippen LogP contribution < -0.4 is 15.8 Å². The van der Waals surface area contributed by atoms with Crippen molar-refractivity contribution in [1.82, 2.24) is 0 Å². The van der Waals surface area contributed by atoms with Gasteiger partial charge in [-0.05, 0) is 12.1 Å². The van der Waals surface area contributed by atoms with E-state index in [-0.39, 0.29) is 30.2 Å². The number of benzene rings is 1. The molecule has 6 nitrogen and oxygen atoms in total. The van der Waals surface area contributed by atoms with E-state index in [9.17, 15) is 9.59 Å². The van der Waals surface area contributed by atoms with Gasteiger partial charge in [0.25, 0.3) is 0 Å². The summed E-state index contributed by atoms with van der Waals surface area (Å²) in [6.45, 7) is 0.260. The molecule has 0 fully saturated rings. The molecule has 4 N–H and O–H groups in total. The van der Waals surface area contributed by atoms with Gasteiger partial charge in [0, 0.05) is 24.7 Å². The van der Waals surface area contributed by atoms with Crippen LogP contribution >= 0.6 is 0 Å². The molecule has 0 saturated carbocycles. The van der Waals surface area contributed by atoms with Gasteiger partial charge in [0.15, 0.2) is 0 Å². The lowest BCUT2D eigenvalue weighted by atomic mass is 10.2. The lowest BCUT2D eigenvalue weighted by molar-refractivity contribution is -0.116. The van der Waals surface area contributed by atoms with Crippen LogP contribution in [0.25, 0.3) is 0 Å². The molecule has 1 amide bonds. The molecule has 0 aliphatic carbocycles. The number of carbonyl (C=O) groups is 2. The monoisotopic (exact) mass is 238 g/mol. The highest BCUT2D eigenvalue weighted by atomic mass is 16.5. The number of hydrogen-bond donors (Lipinski definition) is 3. The average Bonchev–Trinajstić information content (AvgIpc) is 2.28. The summed E-state index contributed by atoms with van der Waals surface area (Å²) in [7, 11) is 1.37. The summed E-state index contributed by atoms with van der Waals surface area (Å²) in [4.78, 5) is 22.1.